The van der Waals surface area contributed by atoms with Gasteiger partial charge < -0.3 is 0 Å². The van der Waals surface area contributed by atoms with Crippen LogP contribution < -0.4 is 5.84 Å². The van der Waals surface area contributed by atoms with Crippen molar-refractivity contribution in [2.45, 2.75) is 19.3 Å². The Kier molecular flexibility index (Phi) is 1.25. The maximum Gasteiger partial charge on any atom is 0.247 e. The number of imide groups is 1. The van der Waals surface area contributed by atoms with Crippen LogP contribution in [0.4, 0.5) is 0 Å². The van der Waals surface area contributed by atoms with Crippen LogP contribution in [-0.2, 0) is 9.59 Å². The molecule has 0 aromatic carbocycles. The van der Waals surface area contributed by atoms with Gasteiger partial charge in [-0.15, -0.1) is 0 Å². The van der Waals surface area contributed by atoms with Crippen LogP contribution >= 0.6 is 0 Å². The summed E-state index contributed by atoms with van der Waals surface area (Å²) in [6, 6.07) is 0. The van der Waals surface area contributed by atoms with Crippen molar-refractivity contribution >= 4 is 11.8 Å². The van der Waals surface area contributed by atoms with E-state index in [1.54, 1.807) is 0 Å². The molecule has 4 aliphatic carbocycles. The molecule has 6 atom stereocenters. The standard InChI is InChI=1S/C11H14N2O2/c12-13-10(14)8-4-1-2-5(7-3-6(4)7)9(8)11(13)15/h4-9H,1-3,12H2/t4?,5?,6-,7+,8+,9-. The van der Waals surface area contributed by atoms with Crippen molar-refractivity contribution in [3.8, 4) is 0 Å². The van der Waals surface area contributed by atoms with Gasteiger partial charge in [0.25, 0.3) is 0 Å². The Morgan fingerprint density at radius 2 is 1.40 bits per heavy atom. The van der Waals surface area contributed by atoms with E-state index in [9.17, 15) is 9.59 Å². The predicted molar refractivity (Wildman–Crippen MR) is 50.8 cm³/mol. The molecule has 2 N–H and O–H groups in total. The SMILES string of the molecule is NN1C(=O)[C@@H]2C3CCC([C@H]4C[C@@H]34)[C@@H]2C1=O. The summed E-state index contributed by atoms with van der Waals surface area (Å²) in [5.41, 5.74) is 0. The van der Waals surface area contributed by atoms with Crippen molar-refractivity contribution in [3.05, 3.63) is 0 Å². The summed E-state index contributed by atoms with van der Waals surface area (Å²) in [6.07, 6.45) is 3.53. The first-order chi connectivity index (χ1) is 7.20. The van der Waals surface area contributed by atoms with Gasteiger partial charge in [0.15, 0.2) is 0 Å². The van der Waals surface area contributed by atoms with E-state index < -0.39 is 0 Å². The molecule has 5 aliphatic rings. The Hall–Kier alpha value is -0.900. The lowest BCUT2D eigenvalue weighted by Crippen LogP contribution is -2.43. The van der Waals surface area contributed by atoms with Gasteiger partial charge in [-0.3, -0.25) is 9.59 Å². The summed E-state index contributed by atoms with van der Waals surface area (Å²) >= 11 is 0. The molecule has 2 bridgehead atoms. The number of carbonyl (C=O) groups excluding carboxylic acids is 2. The molecule has 1 aliphatic heterocycles. The Labute approximate surface area is 87.8 Å². The first-order valence-corrected chi connectivity index (χ1v) is 5.82. The molecule has 2 unspecified atom stereocenters. The molecule has 0 aromatic rings. The summed E-state index contributed by atoms with van der Waals surface area (Å²) in [6.45, 7) is 0. The van der Waals surface area contributed by atoms with Crippen LogP contribution in [0.5, 0.6) is 0 Å². The van der Waals surface area contributed by atoms with E-state index >= 15 is 0 Å². The highest BCUT2D eigenvalue weighted by Gasteiger charge is 2.68. The number of carbonyl (C=O) groups is 2. The third-order valence-electron chi connectivity index (χ3n) is 5.18. The van der Waals surface area contributed by atoms with E-state index in [4.69, 9.17) is 5.84 Å². The quantitative estimate of drug-likeness (QED) is 0.348. The Bertz CT molecular complexity index is 347. The normalized spacial score (nSPS) is 55.7. The van der Waals surface area contributed by atoms with Gasteiger partial charge in [-0.05, 0) is 42.9 Å². The van der Waals surface area contributed by atoms with Crippen LogP contribution in [0.25, 0.3) is 0 Å². The average molecular weight is 206 g/mol. The second-order valence-electron chi connectivity index (χ2n) is 5.57. The summed E-state index contributed by atoms with van der Waals surface area (Å²) in [7, 11) is 0. The van der Waals surface area contributed by atoms with Gasteiger partial charge in [-0.2, -0.15) is 0 Å². The molecule has 5 fully saturated rings. The molecule has 1 saturated heterocycles. The van der Waals surface area contributed by atoms with E-state index in [-0.39, 0.29) is 23.7 Å². The van der Waals surface area contributed by atoms with Gasteiger partial charge in [0.2, 0.25) is 11.8 Å². The first-order valence-electron chi connectivity index (χ1n) is 5.82. The highest BCUT2D eigenvalue weighted by atomic mass is 16.2. The first kappa shape index (κ1) is 8.28. The van der Waals surface area contributed by atoms with E-state index in [1.807, 2.05) is 0 Å². The third-order valence-corrected chi connectivity index (χ3v) is 5.18. The molecule has 4 heteroatoms. The second-order valence-corrected chi connectivity index (χ2v) is 5.57. The summed E-state index contributed by atoms with van der Waals surface area (Å²) in [4.78, 5) is 23.8. The molecule has 5 rings (SSSR count). The molecule has 2 amide bonds. The molecule has 0 spiro atoms. The van der Waals surface area contributed by atoms with Crippen molar-refractivity contribution in [2.75, 3.05) is 0 Å². The number of hydrogen-bond donors (Lipinski definition) is 1. The lowest BCUT2D eigenvalue weighted by molar-refractivity contribution is -0.140. The largest absolute Gasteiger partial charge is 0.273 e. The van der Waals surface area contributed by atoms with Gasteiger partial charge in [-0.25, -0.2) is 10.9 Å². The zero-order valence-electron chi connectivity index (χ0n) is 8.43. The van der Waals surface area contributed by atoms with E-state index in [0.717, 1.165) is 29.7 Å². The number of fused-ring (bicyclic) bond motifs is 1. The van der Waals surface area contributed by atoms with E-state index in [1.165, 1.54) is 6.42 Å². The summed E-state index contributed by atoms with van der Waals surface area (Å²) in [5, 5.41) is 0.894. The van der Waals surface area contributed by atoms with Crippen molar-refractivity contribution in [2.24, 2.45) is 41.4 Å². The number of nitrogens with two attached hydrogens (primary N) is 1. The van der Waals surface area contributed by atoms with Crippen LogP contribution in [0.2, 0.25) is 0 Å². The maximum absolute atomic E-state index is 11.9. The van der Waals surface area contributed by atoms with Crippen LogP contribution in [0.15, 0.2) is 0 Å². The smallest absolute Gasteiger partial charge is 0.247 e. The highest BCUT2D eigenvalue weighted by molar-refractivity contribution is 6.05. The minimum atomic E-state index is -0.106. The van der Waals surface area contributed by atoms with Crippen molar-refractivity contribution in [1.82, 2.24) is 5.01 Å². The van der Waals surface area contributed by atoms with Gasteiger partial charge in [0.1, 0.15) is 0 Å². The summed E-state index contributed by atoms with van der Waals surface area (Å²) < 4.78 is 0. The molecule has 4 nitrogen and oxygen atoms in total. The van der Waals surface area contributed by atoms with Gasteiger partial charge in [-0.1, -0.05) is 0 Å². The van der Waals surface area contributed by atoms with Gasteiger partial charge >= 0.3 is 0 Å². The lowest BCUT2D eigenvalue weighted by atomic mass is 9.59. The van der Waals surface area contributed by atoms with Gasteiger partial charge in [0.05, 0.1) is 11.8 Å². The van der Waals surface area contributed by atoms with Crippen molar-refractivity contribution in [3.63, 3.8) is 0 Å². The third kappa shape index (κ3) is 0.759. The Morgan fingerprint density at radius 3 is 1.87 bits per heavy atom. The molecule has 0 aromatic heterocycles. The highest BCUT2D eigenvalue weighted by Crippen LogP contribution is 2.67. The number of hydrogen-bond acceptors (Lipinski definition) is 3. The minimum Gasteiger partial charge on any atom is -0.273 e. The average Bonchev–Trinajstić information content (AvgIpc) is 3.02. The van der Waals surface area contributed by atoms with Crippen LogP contribution in [0.3, 0.4) is 0 Å². The predicted octanol–water partition coefficient (Wildman–Crippen LogP) is 0.137. The van der Waals surface area contributed by atoms with E-state index in [2.05, 4.69) is 0 Å². The fourth-order valence-electron chi connectivity index (χ4n) is 4.56. The molecular formula is C11H14N2O2. The van der Waals surface area contributed by atoms with Gasteiger partial charge in [0, 0.05) is 0 Å². The summed E-state index contributed by atoms with van der Waals surface area (Å²) in [5.74, 6) is 7.64. The fraction of sp³-hybridized carbons (Fsp3) is 0.818. The monoisotopic (exact) mass is 206 g/mol. The molecule has 80 valence electrons. The molecule has 4 saturated carbocycles. The van der Waals surface area contributed by atoms with Crippen LogP contribution in [0, 0.1) is 35.5 Å². The number of rotatable bonds is 0. The van der Waals surface area contributed by atoms with Crippen LogP contribution in [0.1, 0.15) is 19.3 Å². The Morgan fingerprint density at radius 1 is 0.933 bits per heavy atom. The fourth-order valence-corrected chi connectivity index (χ4v) is 4.56. The maximum atomic E-state index is 11.9. The topological polar surface area (TPSA) is 63.4 Å². The lowest BCUT2D eigenvalue weighted by Gasteiger charge is -2.42. The van der Waals surface area contributed by atoms with E-state index in [0.29, 0.717) is 11.8 Å². The second kappa shape index (κ2) is 2.26. The Balaban J connectivity index is 1.82. The number of amides is 2. The number of nitrogens with zero attached hydrogens (tertiary/aromatic N) is 1. The molecule has 1 heterocycles. The van der Waals surface area contributed by atoms with Crippen LogP contribution in [-0.4, -0.2) is 16.8 Å². The molecular weight excluding hydrogens is 192 g/mol. The number of hydrazine groups is 1. The van der Waals surface area contributed by atoms with Crippen molar-refractivity contribution in [1.29, 1.82) is 0 Å². The zero-order valence-corrected chi connectivity index (χ0v) is 8.43. The molecule has 15 heavy (non-hydrogen) atoms. The van der Waals surface area contributed by atoms with Crippen molar-refractivity contribution < 1.29 is 9.59 Å². The molecule has 0 radical (unpaired) electrons. The zero-order chi connectivity index (χ0) is 10.3. The minimum absolute atomic E-state index is 0.0509.